The lowest BCUT2D eigenvalue weighted by Gasteiger charge is -2.23. The first-order valence-electron chi connectivity index (χ1n) is 6.32. The number of aliphatic hydroxyl groups excluding tert-OH is 2. The predicted octanol–water partition coefficient (Wildman–Crippen LogP) is -1.88. The molecule has 0 bridgehead atoms. The van der Waals surface area contributed by atoms with Crippen LogP contribution in [0.15, 0.2) is 17.1 Å². The van der Waals surface area contributed by atoms with Crippen LogP contribution in [0.1, 0.15) is 6.23 Å². The second-order valence-corrected chi connectivity index (χ2v) is 4.78. The number of nitrogens with one attached hydrogen (secondary N) is 1. The van der Waals surface area contributed by atoms with Crippen molar-refractivity contribution in [1.29, 1.82) is 0 Å². The standard InChI is InChI=1S/C11H13F3N4O5/c12-11(13,14)9(21)17-6-7(20)4(3-19)23-8(6)18-2-1-5(15)16-10(18)22/h1-2,4,6-8,19-20H,3H2,(H,17,21)(H2,15,16,22)/t4-,6-,7-,8-/m1/s1. The second kappa shape index (κ2) is 6.14. The summed E-state index contributed by atoms with van der Waals surface area (Å²) in [6, 6.07) is -0.434. The van der Waals surface area contributed by atoms with Crippen LogP contribution >= 0.6 is 0 Å². The number of halogens is 3. The molecule has 1 fully saturated rings. The van der Waals surface area contributed by atoms with E-state index in [1.54, 1.807) is 5.32 Å². The fourth-order valence-corrected chi connectivity index (χ4v) is 2.14. The summed E-state index contributed by atoms with van der Waals surface area (Å²) in [4.78, 5) is 26.2. The van der Waals surface area contributed by atoms with Gasteiger partial charge < -0.3 is 26.0 Å². The van der Waals surface area contributed by atoms with Crippen molar-refractivity contribution in [1.82, 2.24) is 14.9 Å². The van der Waals surface area contributed by atoms with Gasteiger partial charge in [-0.1, -0.05) is 0 Å². The quantitative estimate of drug-likeness (QED) is 0.506. The molecule has 0 spiro atoms. The number of hydrogen-bond donors (Lipinski definition) is 4. The average molecular weight is 338 g/mol. The summed E-state index contributed by atoms with van der Waals surface area (Å²) in [5.74, 6) is -2.44. The van der Waals surface area contributed by atoms with Crippen LogP contribution in [0.25, 0.3) is 0 Å². The molecule has 0 aliphatic carbocycles. The number of nitrogens with two attached hydrogens (primary N) is 1. The van der Waals surface area contributed by atoms with Crippen LogP contribution in [0.4, 0.5) is 19.0 Å². The third-order valence-corrected chi connectivity index (χ3v) is 3.23. The minimum Gasteiger partial charge on any atom is -0.394 e. The maximum absolute atomic E-state index is 12.4. The Hall–Kier alpha value is -2.18. The Morgan fingerprint density at radius 2 is 2.17 bits per heavy atom. The van der Waals surface area contributed by atoms with Crippen molar-refractivity contribution in [3.63, 3.8) is 0 Å². The first kappa shape index (κ1) is 17.2. The zero-order valence-corrected chi connectivity index (χ0v) is 11.4. The molecule has 0 saturated carbocycles. The number of nitrogens with zero attached hydrogens (tertiary/aromatic N) is 2. The lowest BCUT2D eigenvalue weighted by atomic mass is 10.1. The van der Waals surface area contributed by atoms with Gasteiger partial charge in [0, 0.05) is 6.20 Å². The van der Waals surface area contributed by atoms with Crippen molar-refractivity contribution in [2.75, 3.05) is 12.3 Å². The van der Waals surface area contributed by atoms with Gasteiger partial charge in [-0.25, -0.2) is 4.79 Å². The summed E-state index contributed by atoms with van der Waals surface area (Å²) in [5.41, 5.74) is 4.35. The Balaban J connectivity index is 2.35. The van der Waals surface area contributed by atoms with Crippen molar-refractivity contribution in [3.8, 4) is 0 Å². The number of aromatic nitrogens is 2. The van der Waals surface area contributed by atoms with Crippen molar-refractivity contribution in [2.24, 2.45) is 0 Å². The van der Waals surface area contributed by atoms with Gasteiger partial charge in [0.1, 0.15) is 24.1 Å². The lowest BCUT2D eigenvalue weighted by molar-refractivity contribution is -0.175. The third kappa shape index (κ3) is 3.43. The molecule has 0 unspecified atom stereocenters. The van der Waals surface area contributed by atoms with E-state index in [1.807, 2.05) is 0 Å². The van der Waals surface area contributed by atoms with Gasteiger partial charge in [-0.05, 0) is 6.07 Å². The topological polar surface area (TPSA) is 140 Å². The van der Waals surface area contributed by atoms with Crippen molar-refractivity contribution in [2.45, 2.75) is 30.7 Å². The van der Waals surface area contributed by atoms with Crippen LogP contribution in [-0.4, -0.2) is 56.7 Å². The highest BCUT2D eigenvalue weighted by molar-refractivity contribution is 5.82. The van der Waals surface area contributed by atoms with Crippen LogP contribution in [-0.2, 0) is 9.53 Å². The number of rotatable bonds is 3. The minimum atomic E-state index is -5.19. The highest BCUT2D eigenvalue weighted by Crippen LogP contribution is 2.29. The fourth-order valence-electron chi connectivity index (χ4n) is 2.14. The van der Waals surface area contributed by atoms with E-state index in [0.717, 1.165) is 10.8 Å². The highest BCUT2D eigenvalue weighted by Gasteiger charge is 2.49. The van der Waals surface area contributed by atoms with Crippen LogP contribution in [0.2, 0.25) is 0 Å². The predicted molar refractivity (Wildman–Crippen MR) is 67.9 cm³/mol. The maximum Gasteiger partial charge on any atom is 0.471 e. The molecular formula is C11H13F3N4O5. The average Bonchev–Trinajstić information content (AvgIpc) is 2.75. The molecule has 1 amide bonds. The summed E-state index contributed by atoms with van der Waals surface area (Å²) >= 11 is 0. The van der Waals surface area contributed by atoms with Crippen molar-refractivity contribution < 1.29 is 32.9 Å². The SMILES string of the molecule is Nc1ccn([C@@H]2O[C@H](CO)[C@@H](O)[C@H]2NC(=O)C(F)(F)F)c(=O)n1. The molecule has 9 nitrogen and oxygen atoms in total. The lowest BCUT2D eigenvalue weighted by Crippen LogP contribution is -2.51. The van der Waals surface area contributed by atoms with Gasteiger partial charge in [0.2, 0.25) is 0 Å². The summed E-state index contributed by atoms with van der Waals surface area (Å²) in [6.07, 6.45) is -8.54. The Morgan fingerprint density at radius 3 is 2.70 bits per heavy atom. The first-order valence-corrected chi connectivity index (χ1v) is 6.32. The van der Waals surface area contributed by atoms with Crippen molar-refractivity contribution in [3.05, 3.63) is 22.7 Å². The number of aliphatic hydroxyl groups is 2. The zero-order chi connectivity index (χ0) is 17.4. The largest absolute Gasteiger partial charge is 0.471 e. The Bertz CT molecular complexity index is 649. The molecule has 128 valence electrons. The molecule has 1 saturated heterocycles. The molecule has 0 radical (unpaired) electrons. The minimum absolute atomic E-state index is 0.126. The van der Waals surface area contributed by atoms with E-state index in [2.05, 4.69) is 4.98 Å². The van der Waals surface area contributed by atoms with Crippen LogP contribution in [0, 0.1) is 0 Å². The third-order valence-electron chi connectivity index (χ3n) is 3.23. The van der Waals surface area contributed by atoms with E-state index in [9.17, 15) is 27.9 Å². The van der Waals surface area contributed by atoms with E-state index < -0.39 is 48.9 Å². The second-order valence-electron chi connectivity index (χ2n) is 4.78. The molecule has 1 aliphatic heterocycles. The number of ether oxygens (including phenoxy) is 1. The smallest absolute Gasteiger partial charge is 0.394 e. The molecular weight excluding hydrogens is 325 g/mol. The summed E-state index contributed by atoms with van der Waals surface area (Å²) < 4.78 is 43.1. The molecule has 0 aromatic carbocycles. The van der Waals surface area contributed by atoms with E-state index >= 15 is 0 Å². The fraction of sp³-hybridized carbons (Fsp3) is 0.545. The van der Waals surface area contributed by atoms with Gasteiger partial charge in [0.15, 0.2) is 6.23 Å². The number of alkyl halides is 3. The van der Waals surface area contributed by atoms with Gasteiger partial charge in [-0.2, -0.15) is 18.2 Å². The van der Waals surface area contributed by atoms with Gasteiger partial charge in [0.05, 0.1) is 6.61 Å². The summed E-state index contributed by atoms with van der Waals surface area (Å²) in [6.45, 7) is -0.729. The van der Waals surface area contributed by atoms with Gasteiger partial charge in [-0.3, -0.25) is 9.36 Å². The van der Waals surface area contributed by atoms with E-state index in [0.29, 0.717) is 0 Å². The van der Waals surface area contributed by atoms with Crippen molar-refractivity contribution >= 4 is 11.7 Å². The Kier molecular flexibility index (Phi) is 4.58. The summed E-state index contributed by atoms with van der Waals surface area (Å²) in [7, 11) is 0. The molecule has 12 heteroatoms. The van der Waals surface area contributed by atoms with E-state index in [1.165, 1.54) is 6.07 Å². The zero-order valence-electron chi connectivity index (χ0n) is 11.4. The Labute approximate surface area is 126 Å². The molecule has 23 heavy (non-hydrogen) atoms. The molecule has 2 rings (SSSR count). The normalized spacial score (nSPS) is 27.9. The number of hydrogen-bond acceptors (Lipinski definition) is 7. The molecule has 1 aromatic rings. The molecule has 1 aliphatic rings. The van der Waals surface area contributed by atoms with Crippen LogP contribution in [0.5, 0.6) is 0 Å². The molecule has 5 N–H and O–H groups in total. The van der Waals surface area contributed by atoms with Crippen LogP contribution in [0.3, 0.4) is 0 Å². The monoisotopic (exact) mass is 338 g/mol. The van der Waals surface area contributed by atoms with Gasteiger partial charge in [0.25, 0.3) is 0 Å². The van der Waals surface area contributed by atoms with Gasteiger partial charge in [-0.15, -0.1) is 0 Å². The maximum atomic E-state index is 12.4. The highest BCUT2D eigenvalue weighted by atomic mass is 19.4. The number of anilines is 1. The number of carbonyl (C=O) groups is 1. The van der Waals surface area contributed by atoms with E-state index in [-0.39, 0.29) is 5.82 Å². The van der Waals surface area contributed by atoms with Crippen LogP contribution < -0.4 is 16.7 Å². The number of nitrogen functional groups attached to an aromatic ring is 1. The molecule has 2 heterocycles. The van der Waals surface area contributed by atoms with E-state index in [4.69, 9.17) is 15.6 Å². The number of carbonyl (C=O) groups excluding carboxylic acids is 1. The van der Waals surface area contributed by atoms with Gasteiger partial charge >= 0.3 is 17.8 Å². The molecule has 4 atom stereocenters. The Morgan fingerprint density at radius 1 is 1.52 bits per heavy atom. The summed E-state index contributed by atoms with van der Waals surface area (Å²) in [5, 5.41) is 20.6. The first-order chi connectivity index (χ1) is 10.6. The molecule has 1 aromatic heterocycles. The number of amides is 1.